The third kappa shape index (κ3) is 1.75. The number of aldehydes is 1. The van der Waals surface area contributed by atoms with Crippen LogP contribution in [0.15, 0.2) is 24.5 Å². The maximum atomic E-state index is 10.7. The van der Waals surface area contributed by atoms with Crippen LogP contribution >= 0.6 is 0 Å². The minimum absolute atomic E-state index is 0.472. The van der Waals surface area contributed by atoms with E-state index in [1.54, 1.807) is 0 Å². The first-order valence-electron chi connectivity index (χ1n) is 6.28. The zero-order chi connectivity index (χ0) is 11.7. The molecule has 1 aliphatic rings. The fraction of sp³-hybridized carbons (Fsp3) is 0.429. The van der Waals surface area contributed by atoms with Crippen molar-refractivity contribution in [2.24, 2.45) is 0 Å². The molecule has 0 spiro atoms. The largest absolute Gasteiger partial charge is 0.303 e. The molecule has 3 rings (SSSR count). The summed E-state index contributed by atoms with van der Waals surface area (Å²) >= 11 is 0. The molecule has 0 amide bonds. The zero-order valence-corrected chi connectivity index (χ0v) is 9.80. The molecule has 88 valence electrons. The summed E-state index contributed by atoms with van der Waals surface area (Å²) in [6, 6.07) is 4.01. The topological polar surface area (TPSA) is 34.4 Å². The van der Waals surface area contributed by atoms with E-state index >= 15 is 0 Å². The standard InChI is InChI=1S/C14H16N2O/c17-9-7-11-6-3-8-16-13(11)10-15-14(16)12-4-1-2-5-12/h3,6,8-10,12H,1-2,4-5,7H2. The molecule has 3 nitrogen and oxygen atoms in total. The van der Waals surface area contributed by atoms with Gasteiger partial charge in [-0.2, -0.15) is 0 Å². The molecule has 17 heavy (non-hydrogen) atoms. The molecule has 0 atom stereocenters. The maximum Gasteiger partial charge on any atom is 0.124 e. The Balaban J connectivity index is 2.09. The number of pyridine rings is 1. The fourth-order valence-electron chi connectivity index (χ4n) is 2.85. The number of nitrogens with zero attached hydrogens (tertiary/aromatic N) is 2. The lowest BCUT2D eigenvalue weighted by Crippen LogP contribution is -2.01. The van der Waals surface area contributed by atoms with Crippen molar-refractivity contribution < 1.29 is 4.79 Å². The van der Waals surface area contributed by atoms with Crippen LogP contribution in [0, 0.1) is 0 Å². The Bertz CT molecular complexity index is 538. The first-order valence-corrected chi connectivity index (χ1v) is 6.28. The van der Waals surface area contributed by atoms with Crippen LogP contribution in [0.25, 0.3) is 5.52 Å². The number of imidazole rings is 1. The molecule has 0 N–H and O–H groups in total. The van der Waals surface area contributed by atoms with Crippen LogP contribution < -0.4 is 0 Å². The van der Waals surface area contributed by atoms with Crippen molar-refractivity contribution in [3.05, 3.63) is 35.9 Å². The van der Waals surface area contributed by atoms with Gasteiger partial charge in [-0.3, -0.25) is 0 Å². The van der Waals surface area contributed by atoms with E-state index in [-0.39, 0.29) is 0 Å². The molecule has 2 aromatic heterocycles. The summed E-state index contributed by atoms with van der Waals surface area (Å²) in [6.45, 7) is 0. The monoisotopic (exact) mass is 228 g/mol. The average Bonchev–Trinajstić information content (AvgIpc) is 2.97. The third-order valence-electron chi connectivity index (χ3n) is 3.71. The molecule has 0 saturated heterocycles. The van der Waals surface area contributed by atoms with E-state index in [1.165, 1.54) is 31.5 Å². The van der Waals surface area contributed by atoms with Gasteiger partial charge in [-0.25, -0.2) is 4.98 Å². The van der Waals surface area contributed by atoms with Crippen molar-refractivity contribution in [2.75, 3.05) is 0 Å². The summed E-state index contributed by atoms with van der Waals surface area (Å²) in [7, 11) is 0. The Morgan fingerprint density at radius 2 is 2.24 bits per heavy atom. The Labute approximate surface area is 100 Å². The highest BCUT2D eigenvalue weighted by molar-refractivity contribution is 5.64. The minimum atomic E-state index is 0.472. The molecule has 1 saturated carbocycles. The van der Waals surface area contributed by atoms with E-state index in [0.717, 1.165) is 17.4 Å². The molecule has 0 unspecified atom stereocenters. The third-order valence-corrected chi connectivity index (χ3v) is 3.71. The lowest BCUT2D eigenvalue weighted by atomic mass is 10.1. The van der Waals surface area contributed by atoms with Crippen LogP contribution in [0.5, 0.6) is 0 Å². The van der Waals surface area contributed by atoms with E-state index in [2.05, 4.69) is 15.6 Å². The van der Waals surface area contributed by atoms with Gasteiger partial charge in [0.2, 0.25) is 0 Å². The molecule has 3 heteroatoms. The zero-order valence-electron chi connectivity index (χ0n) is 9.80. The summed E-state index contributed by atoms with van der Waals surface area (Å²) in [4.78, 5) is 15.2. The van der Waals surface area contributed by atoms with Crippen LogP contribution in [0.2, 0.25) is 0 Å². The summed E-state index contributed by atoms with van der Waals surface area (Å²) < 4.78 is 2.16. The van der Waals surface area contributed by atoms with Crippen LogP contribution in [0.1, 0.15) is 43.0 Å². The van der Waals surface area contributed by atoms with Gasteiger partial charge in [0.05, 0.1) is 11.7 Å². The lowest BCUT2D eigenvalue weighted by Gasteiger charge is -2.08. The number of hydrogen-bond donors (Lipinski definition) is 0. The molecule has 2 aromatic rings. The van der Waals surface area contributed by atoms with Gasteiger partial charge in [0.15, 0.2) is 0 Å². The first kappa shape index (κ1) is 10.5. The number of hydrogen-bond acceptors (Lipinski definition) is 2. The molecule has 0 bridgehead atoms. The first-order chi connectivity index (χ1) is 8.40. The van der Waals surface area contributed by atoms with Gasteiger partial charge in [0.25, 0.3) is 0 Å². The highest BCUT2D eigenvalue weighted by Gasteiger charge is 2.21. The molecule has 2 heterocycles. The van der Waals surface area contributed by atoms with Crippen molar-refractivity contribution in [3.8, 4) is 0 Å². The van der Waals surface area contributed by atoms with Crippen LogP contribution in [-0.2, 0) is 11.2 Å². The average molecular weight is 228 g/mol. The fourth-order valence-corrected chi connectivity index (χ4v) is 2.85. The van der Waals surface area contributed by atoms with E-state index in [9.17, 15) is 4.79 Å². The van der Waals surface area contributed by atoms with Crippen molar-refractivity contribution in [1.82, 2.24) is 9.38 Å². The van der Waals surface area contributed by atoms with Gasteiger partial charge in [0, 0.05) is 18.5 Å². The summed E-state index contributed by atoms with van der Waals surface area (Å²) in [6.07, 6.45) is 10.5. The number of carbonyl (C=O) groups excluding carboxylic acids is 1. The smallest absolute Gasteiger partial charge is 0.124 e. The second-order valence-electron chi connectivity index (χ2n) is 4.76. The van der Waals surface area contributed by atoms with Crippen molar-refractivity contribution >= 4 is 11.8 Å². The summed E-state index contributed by atoms with van der Waals surface area (Å²) in [5, 5.41) is 0. The van der Waals surface area contributed by atoms with Gasteiger partial charge in [-0.15, -0.1) is 0 Å². The molecule has 0 radical (unpaired) electrons. The van der Waals surface area contributed by atoms with E-state index in [4.69, 9.17) is 0 Å². The second kappa shape index (κ2) is 4.32. The maximum absolute atomic E-state index is 10.7. The summed E-state index contributed by atoms with van der Waals surface area (Å²) in [5.41, 5.74) is 2.15. The lowest BCUT2D eigenvalue weighted by molar-refractivity contribution is -0.107. The Morgan fingerprint density at radius 3 is 3.00 bits per heavy atom. The molecule has 0 aliphatic heterocycles. The van der Waals surface area contributed by atoms with E-state index < -0.39 is 0 Å². The predicted octanol–water partition coefficient (Wildman–Crippen LogP) is 2.73. The Kier molecular flexibility index (Phi) is 2.67. The number of aromatic nitrogens is 2. The van der Waals surface area contributed by atoms with Gasteiger partial charge in [-0.05, 0) is 24.5 Å². The SMILES string of the molecule is O=CCc1cccn2c(C3CCCC3)ncc12. The summed E-state index contributed by atoms with van der Waals surface area (Å²) in [5.74, 6) is 1.77. The molecular weight excluding hydrogens is 212 g/mol. The minimum Gasteiger partial charge on any atom is -0.303 e. The predicted molar refractivity (Wildman–Crippen MR) is 66.2 cm³/mol. The van der Waals surface area contributed by atoms with E-state index in [1.807, 2.05) is 18.3 Å². The van der Waals surface area contributed by atoms with Crippen molar-refractivity contribution in [2.45, 2.75) is 38.0 Å². The van der Waals surface area contributed by atoms with Crippen molar-refractivity contribution in [3.63, 3.8) is 0 Å². The highest BCUT2D eigenvalue weighted by Crippen LogP contribution is 2.33. The Hall–Kier alpha value is -1.64. The number of rotatable bonds is 3. The molecular formula is C14H16N2O. The van der Waals surface area contributed by atoms with Crippen molar-refractivity contribution in [1.29, 1.82) is 0 Å². The van der Waals surface area contributed by atoms with Gasteiger partial charge in [-0.1, -0.05) is 18.9 Å². The molecule has 0 aromatic carbocycles. The van der Waals surface area contributed by atoms with Gasteiger partial charge >= 0.3 is 0 Å². The van der Waals surface area contributed by atoms with Gasteiger partial charge < -0.3 is 9.20 Å². The van der Waals surface area contributed by atoms with Gasteiger partial charge in [0.1, 0.15) is 12.1 Å². The highest BCUT2D eigenvalue weighted by atomic mass is 16.1. The second-order valence-corrected chi connectivity index (χ2v) is 4.76. The quantitative estimate of drug-likeness (QED) is 0.757. The Morgan fingerprint density at radius 1 is 1.41 bits per heavy atom. The van der Waals surface area contributed by atoms with Crippen LogP contribution in [0.3, 0.4) is 0 Å². The number of carbonyl (C=O) groups is 1. The van der Waals surface area contributed by atoms with Crippen LogP contribution in [-0.4, -0.2) is 15.7 Å². The normalized spacial score (nSPS) is 16.7. The van der Waals surface area contributed by atoms with E-state index in [0.29, 0.717) is 12.3 Å². The number of fused-ring (bicyclic) bond motifs is 1. The molecule has 1 aliphatic carbocycles. The molecule has 1 fully saturated rings. The van der Waals surface area contributed by atoms with Crippen LogP contribution in [0.4, 0.5) is 0 Å².